The molecule has 0 atom stereocenters. The number of hydrogen-bond acceptors (Lipinski definition) is 2. The van der Waals surface area contributed by atoms with E-state index in [1.807, 2.05) is 0 Å². The van der Waals surface area contributed by atoms with E-state index in [2.05, 4.69) is 0 Å². The van der Waals surface area contributed by atoms with Crippen molar-refractivity contribution in [2.75, 3.05) is 5.73 Å². The van der Waals surface area contributed by atoms with Gasteiger partial charge in [-0.15, -0.1) is 0 Å². The Bertz CT molecular complexity index is 575. The first kappa shape index (κ1) is 13.0. The summed E-state index contributed by atoms with van der Waals surface area (Å²) < 4.78 is 18.7. The summed E-state index contributed by atoms with van der Waals surface area (Å²) in [4.78, 5) is 0. The molecule has 0 fully saturated rings. The first-order chi connectivity index (χ1) is 8.56. The molecule has 2 rings (SSSR count). The summed E-state index contributed by atoms with van der Waals surface area (Å²) in [5.74, 6) is -0.0107. The summed E-state index contributed by atoms with van der Waals surface area (Å²) in [5, 5.41) is 0.541. The van der Waals surface area contributed by atoms with Gasteiger partial charge in [0.25, 0.3) is 0 Å². The summed E-state index contributed by atoms with van der Waals surface area (Å²) in [5.41, 5.74) is 6.84. The lowest BCUT2D eigenvalue weighted by atomic mass is 10.2. The lowest BCUT2D eigenvalue weighted by Crippen LogP contribution is -1.97. The molecule has 2 aromatic carbocycles. The van der Waals surface area contributed by atoms with Gasteiger partial charge in [0.05, 0.1) is 10.0 Å². The van der Waals surface area contributed by atoms with E-state index in [4.69, 9.17) is 33.7 Å². The molecule has 0 aliphatic carbocycles. The van der Waals surface area contributed by atoms with Crippen LogP contribution < -0.4 is 10.5 Å². The number of benzene rings is 2. The molecular weight excluding hydrogens is 276 g/mol. The SMILES string of the molecule is Nc1ccc(Cl)c(OCc2ccc(Cl)c(F)c2)c1. The maximum Gasteiger partial charge on any atom is 0.142 e. The van der Waals surface area contributed by atoms with Gasteiger partial charge in [0.15, 0.2) is 0 Å². The minimum absolute atomic E-state index is 0.0840. The van der Waals surface area contributed by atoms with E-state index < -0.39 is 5.82 Å². The van der Waals surface area contributed by atoms with E-state index in [0.717, 1.165) is 0 Å². The number of rotatable bonds is 3. The van der Waals surface area contributed by atoms with Crippen LogP contribution in [0.5, 0.6) is 5.75 Å². The zero-order valence-electron chi connectivity index (χ0n) is 9.29. The maximum atomic E-state index is 13.2. The van der Waals surface area contributed by atoms with E-state index in [9.17, 15) is 4.39 Å². The van der Waals surface area contributed by atoms with Crippen molar-refractivity contribution in [3.05, 3.63) is 57.8 Å². The van der Waals surface area contributed by atoms with Gasteiger partial charge in [-0.25, -0.2) is 4.39 Å². The van der Waals surface area contributed by atoms with E-state index in [0.29, 0.717) is 22.0 Å². The van der Waals surface area contributed by atoms with E-state index in [1.165, 1.54) is 12.1 Å². The van der Waals surface area contributed by atoms with Crippen molar-refractivity contribution in [1.29, 1.82) is 0 Å². The zero-order valence-corrected chi connectivity index (χ0v) is 10.8. The van der Waals surface area contributed by atoms with Gasteiger partial charge >= 0.3 is 0 Å². The second-order valence-electron chi connectivity index (χ2n) is 3.73. The average molecular weight is 286 g/mol. The molecule has 94 valence electrons. The Labute approximate surface area is 114 Å². The van der Waals surface area contributed by atoms with Gasteiger partial charge in [-0.05, 0) is 29.8 Å². The molecule has 0 saturated heterocycles. The number of anilines is 1. The predicted molar refractivity (Wildman–Crippen MR) is 71.6 cm³/mol. The highest BCUT2D eigenvalue weighted by atomic mass is 35.5. The van der Waals surface area contributed by atoms with Crippen LogP contribution in [0.4, 0.5) is 10.1 Å². The number of ether oxygens (including phenoxy) is 1. The smallest absolute Gasteiger partial charge is 0.142 e. The Kier molecular flexibility index (Phi) is 3.94. The standard InChI is InChI=1S/C13H10Cl2FNO/c14-10-3-1-8(5-12(10)16)7-18-13-6-9(17)2-4-11(13)15/h1-6H,7,17H2. The van der Waals surface area contributed by atoms with Crippen LogP contribution in [0.1, 0.15) is 5.56 Å². The summed E-state index contributed by atoms with van der Waals surface area (Å²) in [6.07, 6.45) is 0. The van der Waals surface area contributed by atoms with Crippen LogP contribution in [-0.2, 0) is 6.61 Å². The second kappa shape index (κ2) is 5.46. The van der Waals surface area contributed by atoms with E-state index in [1.54, 1.807) is 24.3 Å². The molecular formula is C13H10Cl2FNO. The van der Waals surface area contributed by atoms with Crippen LogP contribution in [0.2, 0.25) is 10.0 Å². The molecule has 2 nitrogen and oxygen atoms in total. The number of halogens is 3. The Hall–Kier alpha value is -1.45. The summed E-state index contributed by atoms with van der Waals surface area (Å²) in [6, 6.07) is 9.44. The van der Waals surface area contributed by atoms with Gasteiger partial charge in [0.1, 0.15) is 18.2 Å². The van der Waals surface area contributed by atoms with Crippen molar-refractivity contribution in [3.8, 4) is 5.75 Å². The minimum atomic E-state index is -0.476. The molecule has 0 aromatic heterocycles. The average Bonchev–Trinajstić information content (AvgIpc) is 2.34. The van der Waals surface area contributed by atoms with E-state index in [-0.39, 0.29) is 11.6 Å². The Morgan fingerprint density at radius 3 is 2.50 bits per heavy atom. The normalized spacial score (nSPS) is 10.4. The number of hydrogen-bond donors (Lipinski definition) is 1. The number of nitrogens with two attached hydrogens (primary N) is 1. The van der Waals surface area contributed by atoms with Crippen LogP contribution in [0, 0.1) is 5.82 Å². The topological polar surface area (TPSA) is 35.2 Å². The highest BCUT2D eigenvalue weighted by molar-refractivity contribution is 6.32. The maximum absolute atomic E-state index is 13.2. The van der Waals surface area contributed by atoms with E-state index >= 15 is 0 Å². The van der Waals surface area contributed by atoms with Gasteiger partial charge in [-0.2, -0.15) is 0 Å². The molecule has 0 bridgehead atoms. The lowest BCUT2D eigenvalue weighted by Gasteiger charge is -2.09. The molecule has 0 aliphatic rings. The molecule has 18 heavy (non-hydrogen) atoms. The van der Waals surface area contributed by atoms with Gasteiger partial charge < -0.3 is 10.5 Å². The van der Waals surface area contributed by atoms with Crippen molar-refractivity contribution >= 4 is 28.9 Å². The lowest BCUT2D eigenvalue weighted by molar-refractivity contribution is 0.306. The van der Waals surface area contributed by atoms with Gasteiger partial charge in [0, 0.05) is 11.8 Å². The molecule has 0 spiro atoms. The summed E-state index contributed by atoms with van der Waals surface area (Å²) >= 11 is 11.5. The Morgan fingerprint density at radius 2 is 1.78 bits per heavy atom. The Morgan fingerprint density at radius 1 is 1.06 bits per heavy atom. The highest BCUT2D eigenvalue weighted by Crippen LogP contribution is 2.27. The largest absolute Gasteiger partial charge is 0.487 e. The fraction of sp³-hybridized carbons (Fsp3) is 0.0769. The minimum Gasteiger partial charge on any atom is -0.487 e. The zero-order chi connectivity index (χ0) is 13.1. The van der Waals surface area contributed by atoms with Crippen molar-refractivity contribution in [1.82, 2.24) is 0 Å². The third-order valence-electron chi connectivity index (χ3n) is 2.33. The molecule has 2 N–H and O–H groups in total. The molecule has 0 aliphatic heterocycles. The van der Waals surface area contributed by atoms with Crippen molar-refractivity contribution < 1.29 is 9.13 Å². The third kappa shape index (κ3) is 3.06. The van der Waals surface area contributed by atoms with Crippen LogP contribution in [0.3, 0.4) is 0 Å². The molecule has 5 heteroatoms. The summed E-state index contributed by atoms with van der Waals surface area (Å²) in [7, 11) is 0. The quantitative estimate of drug-likeness (QED) is 0.854. The Balaban J connectivity index is 2.11. The first-order valence-corrected chi connectivity index (χ1v) is 5.93. The van der Waals surface area contributed by atoms with Gasteiger partial charge in [0.2, 0.25) is 0 Å². The summed E-state index contributed by atoms with van der Waals surface area (Å²) in [6.45, 7) is 0.192. The van der Waals surface area contributed by atoms with Crippen LogP contribution in [-0.4, -0.2) is 0 Å². The van der Waals surface area contributed by atoms with Crippen molar-refractivity contribution in [3.63, 3.8) is 0 Å². The first-order valence-electron chi connectivity index (χ1n) is 5.18. The predicted octanol–water partition coefficient (Wildman–Crippen LogP) is 4.29. The molecule has 2 aromatic rings. The molecule has 0 radical (unpaired) electrons. The second-order valence-corrected chi connectivity index (χ2v) is 4.54. The number of nitrogen functional groups attached to an aromatic ring is 1. The fourth-order valence-corrected chi connectivity index (χ4v) is 1.71. The molecule has 0 saturated carbocycles. The van der Waals surface area contributed by atoms with Crippen LogP contribution in [0.15, 0.2) is 36.4 Å². The molecule has 0 heterocycles. The molecule has 0 unspecified atom stereocenters. The van der Waals surface area contributed by atoms with Gasteiger partial charge in [-0.3, -0.25) is 0 Å². The monoisotopic (exact) mass is 285 g/mol. The molecule has 0 amide bonds. The van der Waals surface area contributed by atoms with Crippen LogP contribution in [0.25, 0.3) is 0 Å². The van der Waals surface area contributed by atoms with Crippen molar-refractivity contribution in [2.45, 2.75) is 6.61 Å². The van der Waals surface area contributed by atoms with Crippen LogP contribution >= 0.6 is 23.2 Å². The van der Waals surface area contributed by atoms with Crippen molar-refractivity contribution in [2.24, 2.45) is 0 Å². The highest BCUT2D eigenvalue weighted by Gasteiger charge is 2.05. The fourth-order valence-electron chi connectivity index (χ4n) is 1.42. The van der Waals surface area contributed by atoms with Gasteiger partial charge in [-0.1, -0.05) is 29.3 Å². The third-order valence-corrected chi connectivity index (χ3v) is 2.95.